The topological polar surface area (TPSA) is 103 Å². The molecule has 1 aromatic carbocycles. The van der Waals surface area contributed by atoms with E-state index in [4.69, 9.17) is 14.2 Å². The lowest BCUT2D eigenvalue weighted by Gasteiger charge is -2.17. The number of rotatable bonds is 5. The van der Waals surface area contributed by atoms with E-state index in [1.165, 1.54) is 6.07 Å². The maximum Gasteiger partial charge on any atom is 0.412 e. The first-order chi connectivity index (χ1) is 13.0. The van der Waals surface area contributed by atoms with Crippen molar-refractivity contribution in [1.82, 2.24) is 4.72 Å². The van der Waals surface area contributed by atoms with Gasteiger partial charge in [0.25, 0.3) is 0 Å². The molecule has 0 radical (unpaired) electrons. The van der Waals surface area contributed by atoms with Gasteiger partial charge >= 0.3 is 6.09 Å². The summed E-state index contributed by atoms with van der Waals surface area (Å²) in [6.07, 6.45) is -2.23. The minimum Gasteiger partial charge on any atom is -0.441 e. The van der Waals surface area contributed by atoms with E-state index in [2.05, 4.69) is 10.0 Å². The highest BCUT2D eigenvalue weighted by Gasteiger charge is 2.50. The average molecular weight is 410 g/mol. The van der Waals surface area contributed by atoms with Crippen molar-refractivity contribution in [2.24, 2.45) is 0 Å². The van der Waals surface area contributed by atoms with Gasteiger partial charge in [-0.25, -0.2) is 17.9 Å². The molecule has 27 heavy (non-hydrogen) atoms. The number of nitrogens with one attached hydrogen (secondary N) is 2. The molecule has 2 saturated heterocycles. The van der Waals surface area contributed by atoms with Crippen molar-refractivity contribution in [3.05, 3.63) is 47.8 Å². The van der Waals surface area contributed by atoms with Crippen molar-refractivity contribution in [3.8, 4) is 0 Å². The summed E-state index contributed by atoms with van der Waals surface area (Å²) in [5.41, 5.74) is 0.617. The van der Waals surface area contributed by atoms with Gasteiger partial charge in [0.1, 0.15) is 16.4 Å². The van der Waals surface area contributed by atoms with Gasteiger partial charge in [-0.15, -0.1) is 11.3 Å². The first kappa shape index (κ1) is 18.4. The van der Waals surface area contributed by atoms with Crippen LogP contribution in [-0.2, 0) is 24.2 Å². The second-order valence-electron chi connectivity index (χ2n) is 6.19. The summed E-state index contributed by atoms with van der Waals surface area (Å²) in [6, 6.07) is 11.6. The molecule has 0 saturated carbocycles. The predicted octanol–water partition coefficient (Wildman–Crippen LogP) is 1.81. The van der Waals surface area contributed by atoms with Crippen LogP contribution in [0, 0.1) is 0 Å². The summed E-state index contributed by atoms with van der Waals surface area (Å²) in [6.45, 7) is 0.300. The number of fused-ring (bicyclic) bond motifs is 1. The molecule has 3 heterocycles. The molecule has 2 N–H and O–H groups in total. The first-order valence-corrected chi connectivity index (χ1v) is 10.7. The Morgan fingerprint density at radius 3 is 2.59 bits per heavy atom. The molecule has 1 aromatic heterocycles. The van der Waals surface area contributed by atoms with Gasteiger partial charge in [-0.2, -0.15) is 0 Å². The molecular formula is C17H18N2O6S2. The summed E-state index contributed by atoms with van der Waals surface area (Å²) < 4.78 is 44.4. The van der Waals surface area contributed by atoms with E-state index in [1.807, 2.05) is 6.07 Å². The fraction of sp³-hybridized carbons (Fsp3) is 0.353. The van der Waals surface area contributed by atoms with Crippen molar-refractivity contribution in [3.63, 3.8) is 0 Å². The minimum atomic E-state index is -3.63. The van der Waals surface area contributed by atoms with Gasteiger partial charge in [-0.05, 0) is 23.6 Å². The summed E-state index contributed by atoms with van der Waals surface area (Å²) in [4.78, 5) is 12.1. The molecule has 2 aliphatic rings. The van der Waals surface area contributed by atoms with E-state index in [0.29, 0.717) is 5.69 Å². The van der Waals surface area contributed by atoms with Crippen LogP contribution in [0.1, 0.15) is 0 Å². The number of hydrogen-bond donors (Lipinski definition) is 2. The second-order valence-corrected chi connectivity index (χ2v) is 9.08. The number of sulfonamides is 1. The van der Waals surface area contributed by atoms with E-state index in [-0.39, 0.29) is 17.4 Å². The van der Waals surface area contributed by atoms with Crippen LogP contribution >= 0.6 is 11.3 Å². The quantitative estimate of drug-likeness (QED) is 0.779. The molecule has 4 atom stereocenters. The minimum absolute atomic E-state index is 0.148. The number of benzene rings is 1. The van der Waals surface area contributed by atoms with E-state index >= 15 is 0 Å². The van der Waals surface area contributed by atoms with Gasteiger partial charge in [0.05, 0.1) is 19.3 Å². The van der Waals surface area contributed by atoms with E-state index in [9.17, 15) is 13.2 Å². The van der Waals surface area contributed by atoms with E-state index in [1.54, 1.807) is 35.7 Å². The van der Waals surface area contributed by atoms with Gasteiger partial charge in [0, 0.05) is 5.69 Å². The highest BCUT2D eigenvalue weighted by molar-refractivity contribution is 7.91. The SMILES string of the molecule is O=C(Nc1ccccc1)O[C@@H]1CO[C@H]2[C@@H]1OC[C@@H]2NS(=O)(=O)c1cccs1. The smallest absolute Gasteiger partial charge is 0.412 e. The number of thiophene rings is 1. The maximum absolute atomic E-state index is 12.4. The summed E-state index contributed by atoms with van der Waals surface area (Å²) in [5.74, 6) is 0. The Labute approximate surface area is 160 Å². The number of amides is 1. The fourth-order valence-corrected chi connectivity index (χ4v) is 5.39. The third-order valence-corrected chi connectivity index (χ3v) is 7.24. The Kier molecular flexibility index (Phi) is 5.15. The number of anilines is 1. The largest absolute Gasteiger partial charge is 0.441 e. The van der Waals surface area contributed by atoms with Gasteiger partial charge in [0.15, 0.2) is 6.10 Å². The van der Waals surface area contributed by atoms with Crippen molar-refractivity contribution < 1.29 is 27.4 Å². The predicted molar refractivity (Wildman–Crippen MR) is 98.2 cm³/mol. The second kappa shape index (κ2) is 7.56. The number of carbonyl (C=O) groups excluding carboxylic acids is 1. The lowest BCUT2D eigenvalue weighted by molar-refractivity contribution is 0.00884. The zero-order chi connectivity index (χ0) is 18.9. The van der Waals surface area contributed by atoms with Crippen molar-refractivity contribution in [2.45, 2.75) is 28.6 Å². The van der Waals surface area contributed by atoms with Crippen LogP contribution in [0.3, 0.4) is 0 Å². The van der Waals surface area contributed by atoms with Crippen LogP contribution in [0.4, 0.5) is 10.5 Å². The monoisotopic (exact) mass is 410 g/mol. The normalized spacial score (nSPS) is 27.3. The van der Waals surface area contributed by atoms with E-state index < -0.39 is 40.5 Å². The maximum atomic E-state index is 12.4. The number of carbonyl (C=O) groups is 1. The Balaban J connectivity index is 1.35. The molecule has 10 heteroatoms. The molecule has 2 fully saturated rings. The van der Waals surface area contributed by atoms with E-state index in [0.717, 1.165) is 11.3 Å². The molecule has 0 spiro atoms. The molecule has 144 valence electrons. The van der Waals surface area contributed by atoms with Crippen LogP contribution in [0.15, 0.2) is 52.1 Å². The lowest BCUT2D eigenvalue weighted by atomic mass is 10.1. The first-order valence-electron chi connectivity index (χ1n) is 8.35. The number of para-hydroxylation sites is 1. The molecule has 0 unspecified atom stereocenters. The van der Waals surface area contributed by atoms with Gasteiger partial charge in [-0.1, -0.05) is 24.3 Å². The Morgan fingerprint density at radius 2 is 1.85 bits per heavy atom. The fourth-order valence-electron chi connectivity index (χ4n) is 3.15. The number of ether oxygens (including phenoxy) is 3. The summed E-state index contributed by atoms with van der Waals surface area (Å²) >= 11 is 1.14. The van der Waals surface area contributed by atoms with Gasteiger partial charge < -0.3 is 14.2 Å². The lowest BCUT2D eigenvalue weighted by Crippen LogP contribution is -2.44. The van der Waals surface area contributed by atoms with Crippen LogP contribution < -0.4 is 10.0 Å². The molecule has 8 nitrogen and oxygen atoms in total. The molecule has 2 aromatic rings. The Morgan fingerprint density at radius 1 is 1.07 bits per heavy atom. The zero-order valence-corrected chi connectivity index (χ0v) is 15.7. The third-order valence-electron chi connectivity index (χ3n) is 4.35. The Hall–Kier alpha value is -1.98. The Bertz CT molecular complexity index is 887. The van der Waals surface area contributed by atoms with Crippen molar-refractivity contribution in [1.29, 1.82) is 0 Å². The summed E-state index contributed by atoms with van der Waals surface area (Å²) in [7, 11) is -3.63. The van der Waals surface area contributed by atoms with Crippen LogP contribution in [0.5, 0.6) is 0 Å². The molecule has 2 aliphatic heterocycles. The van der Waals surface area contributed by atoms with Gasteiger partial charge in [0.2, 0.25) is 10.0 Å². The van der Waals surface area contributed by atoms with Gasteiger partial charge in [-0.3, -0.25) is 5.32 Å². The van der Waals surface area contributed by atoms with Crippen LogP contribution in [0.25, 0.3) is 0 Å². The zero-order valence-electron chi connectivity index (χ0n) is 14.1. The third kappa shape index (κ3) is 3.99. The standard InChI is InChI=1S/C17H18N2O6S2/c20-17(18-11-5-2-1-3-6-11)25-13-10-24-15-12(9-23-16(13)15)19-27(21,22)14-7-4-8-26-14/h1-8,12-13,15-16,19H,9-10H2,(H,18,20)/t12-,13+,15+,16+/m0/s1. The summed E-state index contributed by atoms with van der Waals surface area (Å²) in [5, 5.41) is 4.33. The molecule has 0 bridgehead atoms. The molecule has 1 amide bonds. The molecular weight excluding hydrogens is 392 g/mol. The number of hydrogen-bond acceptors (Lipinski definition) is 7. The van der Waals surface area contributed by atoms with Crippen molar-refractivity contribution in [2.75, 3.05) is 18.5 Å². The van der Waals surface area contributed by atoms with Crippen LogP contribution in [-0.4, -0.2) is 52.1 Å². The molecule has 4 rings (SSSR count). The average Bonchev–Trinajstić information content (AvgIpc) is 3.36. The molecule has 0 aliphatic carbocycles. The van der Waals surface area contributed by atoms with Crippen LogP contribution in [0.2, 0.25) is 0 Å². The van der Waals surface area contributed by atoms with Crippen molar-refractivity contribution >= 4 is 33.1 Å². The highest BCUT2D eigenvalue weighted by atomic mass is 32.2. The highest BCUT2D eigenvalue weighted by Crippen LogP contribution is 2.30.